The average Bonchev–Trinajstić information content (AvgIpc) is 2.68. The number of amides is 2. The average molecular weight is 365 g/mol. The summed E-state index contributed by atoms with van der Waals surface area (Å²) < 4.78 is 0. The second kappa shape index (κ2) is 7.36. The van der Waals surface area contributed by atoms with Crippen LogP contribution in [0.3, 0.4) is 0 Å². The molecule has 3 heterocycles. The maximum Gasteiger partial charge on any atom is 0.254 e. The van der Waals surface area contributed by atoms with Crippen LogP contribution in [-0.4, -0.2) is 66.4 Å². The number of rotatable bonds is 3. The first kappa shape index (κ1) is 17.5. The van der Waals surface area contributed by atoms with E-state index in [-0.39, 0.29) is 11.8 Å². The Kier molecular flexibility index (Phi) is 4.77. The fourth-order valence-electron chi connectivity index (χ4n) is 3.63. The minimum absolute atomic E-state index is 0.0151. The Balaban J connectivity index is 1.40. The number of anilines is 2. The molecule has 0 saturated carbocycles. The Bertz CT molecular complexity index is 847. The Labute approximate surface area is 158 Å². The van der Waals surface area contributed by atoms with Crippen molar-refractivity contribution in [3.8, 4) is 0 Å². The zero-order valence-electron chi connectivity index (χ0n) is 15.4. The number of pyridine rings is 1. The number of hydrogen-bond donors (Lipinski definition) is 1. The molecule has 1 N–H and O–H groups in total. The molecule has 0 aliphatic carbocycles. The third-order valence-corrected chi connectivity index (χ3v) is 5.10. The van der Waals surface area contributed by atoms with Crippen molar-refractivity contribution in [1.82, 2.24) is 14.8 Å². The van der Waals surface area contributed by atoms with Gasteiger partial charge in [-0.15, -0.1) is 0 Å². The molecule has 7 nitrogen and oxygen atoms in total. The predicted octanol–water partition coefficient (Wildman–Crippen LogP) is 1.43. The van der Waals surface area contributed by atoms with Crippen LogP contribution in [0.2, 0.25) is 0 Å². The van der Waals surface area contributed by atoms with E-state index in [0.717, 1.165) is 25.3 Å². The molecule has 0 spiro atoms. The van der Waals surface area contributed by atoms with E-state index in [1.165, 1.54) is 5.56 Å². The molecule has 4 rings (SSSR count). The van der Waals surface area contributed by atoms with Crippen molar-refractivity contribution in [3.05, 3.63) is 53.9 Å². The van der Waals surface area contributed by atoms with Gasteiger partial charge in [0.2, 0.25) is 5.91 Å². The molecule has 7 heteroatoms. The number of carbonyl (C=O) groups is 2. The summed E-state index contributed by atoms with van der Waals surface area (Å²) in [5.41, 5.74) is 3.44. The number of nitrogens with zero attached hydrogens (tertiary/aromatic N) is 4. The second-order valence-corrected chi connectivity index (χ2v) is 7.07. The lowest BCUT2D eigenvalue weighted by atomic mass is 10.1. The standard InChI is InChI=1S/C20H23N5O2/c1-23-14-19(26)22-17-11-16(4-5-18(17)23)20(27)25-9-7-24(8-10-25)13-15-3-2-6-21-12-15/h2-6,11-12H,7-10,13-14H2,1H3,(H,22,26). The molecule has 0 bridgehead atoms. The lowest BCUT2D eigenvalue weighted by Crippen LogP contribution is -2.48. The monoisotopic (exact) mass is 365 g/mol. The van der Waals surface area contributed by atoms with Crippen molar-refractivity contribution >= 4 is 23.2 Å². The predicted molar refractivity (Wildman–Crippen MR) is 104 cm³/mol. The lowest BCUT2D eigenvalue weighted by Gasteiger charge is -2.35. The van der Waals surface area contributed by atoms with Gasteiger partial charge < -0.3 is 15.1 Å². The van der Waals surface area contributed by atoms with E-state index in [2.05, 4.69) is 21.3 Å². The number of carbonyl (C=O) groups excluding carboxylic acids is 2. The normalized spacial score (nSPS) is 17.4. The van der Waals surface area contributed by atoms with Crippen molar-refractivity contribution in [2.45, 2.75) is 6.54 Å². The van der Waals surface area contributed by atoms with Crippen LogP contribution in [0.15, 0.2) is 42.7 Å². The summed E-state index contributed by atoms with van der Waals surface area (Å²) in [4.78, 5) is 34.9. The van der Waals surface area contributed by atoms with E-state index < -0.39 is 0 Å². The van der Waals surface area contributed by atoms with E-state index in [1.54, 1.807) is 12.3 Å². The van der Waals surface area contributed by atoms with Gasteiger partial charge in [-0.1, -0.05) is 6.07 Å². The molecule has 1 saturated heterocycles. The van der Waals surface area contributed by atoms with E-state index in [4.69, 9.17) is 0 Å². The second-order valence-electron chi connectivity index (χ2n) is 7.07. The first-order chi connectivity index (χ1) is 13.1. The molecular weight excluding hydrogens is 342 g/mol. The molecule has 1 aromatic heterocycles. The Morgan fingerprint density at radius 1 is 1.19 bits per heavy atom. The van der Waals surface area contributed by atoms with Gasteiger partial charge in [-0.05, 0) is 29.8 Å². The van der Waals surface area contributed by atoms with Crippen LogP contribution in [0.1, 0.15) is 15.9 Å². The number of benzene rings is 1. The molecule has 2 aromatic rings. The summed E-state index contributed by atoms with van der Waals surface area (Å²) in [7, 11) is 1.88. The van der Waals surface area contributed by atoms with E-state index in [9.17, 15) is 9.59 Å². The molecular formula is C20H23N5O2. The van der Waals surface area contributed by atoms with Gasteiger partial charge in [0.05, 0.1) is 17.9 Å². The van der Waals surface area contributed by atoms with Crippen molar-refractivity contribution < 1.29 is 9.59 Å². The number of likely N-dealkylation sites (N-methyl/N-ethyl adjacent to an activating group) is 1. The van der Waals surface area contributed by atoms with Crippen molar-refractivity contribution in [1.29, 1.82) is 0 Å². The first-order valence-electron chi connectivity index (χ1n) is 9.16. The van der Waals surface area contributed by atoms with Gasteiger partial charge >= 0.3 is 0 Å². The molecule has 2 aliphatic rings. The number of fused-ring (bicyclic) bond motifs is 1. The van der Waals surface area contributed by atoms with Gasteiger partial charge in [-0.2, -0.15) is 0 Å². The number of nitrogens with one attached hydrogen (secondary N) is 1. The molecule has 1 fully saturated rings. The van der Waals surface area contributed by atoms with Gasteiger partial charge in [0.15, 0.2) is 0 Å². The maximum absolute atomic E-state index is 12.9. The van der Waals surface area contributed by atoms with Gasteiger partial charge in [0, 0.05) is 57.7 Å². The van der Waals surface area contributed by atoms with Crippen molar-refractivity contribution in [2.75, 3.05) is 50.0 Å². The minimum Gasteiger partial charge on any atom is -0.364 e. The summed E-state index contributed by atoms with van der Waals surface area (Å²) in [6.07, 6.45) is 3.66. The third kappa shape index (κ3) is 3.78. The van der Waals surface area contributed by atoms with Crippen LogP contribution in [-0.2, 0) is 11.3 Å². The molecule has 2 aliphatic heterocycles. The quantitative estimate of drug-likeness (QED) is 0.891. The van der Waals surface area contributed by atoms with Crippen LogP contribution in [0.4, 0.5) is 11.4 Å². The van der Waals surface area contributed by atoms with Crippen LogP contribution in [0, 0.1) is 0 Å². The van der Waals surface area contributed by atoms with Crippen LogP contribution in [0.25, 0.3) is 0 Å². The highest BCUT2D eigenvalue weighted by Gasteiger charge is 2.25. The summed E-state index contributed by atoms with van der Waals surface area (Å²) in [6.45, 7) is 4.26. The lowest BCUT2D eigenvalue weighted by molar-refractivity contribution is -0.115. The Hall–Kier alpha value is -2.93. The zero-order chi connectivity index (χ0) is 18.8. The highest BCUT2D eigenvalue weighted by molar-refractivity contribution is 6.03. The van der Waals surface area contributed by atoms with Crippen molar-refractivity contribution in [3.63, 3.8) is 0 Å². The highest BCUT2D eigenvalue weighted by atomic mass is 16.2. The van der Waals surface area contributed by atoms with Gasteiger partial charge in [-0.3, -0.25) is 19.5 Å². The van der Waals surface area contributed by atoms with Crippen LogP contribution in [0.5, 0.6) is 0 Å². The third-order valence-electron chi connectivity index (χ3n) is 5.10. The number of aromatic nitrogens is 1. The maximum atomic E-state index is 12.9. The minimum atomic E-state index is -0.0568. The summed E-state index contributed by atoms with van der Waals surface area (Å²) in [5.74, 6) is -0.0417. The van der Waals surface area contributed by atoms with E-state index in [1.807, 2.05) is 41.2 Å². The summed E-state index contributed by atoms with van der Waals surface area (Å²) in [5, 5.41) is 2.86. The SMILES string of the molecule is CN1CC(=O)Nc2cc(C(=O)N3CCN(Cc4cccnc4)CC3)ccc21. The van der Waals surface area contributed by atoms with Crippen LogP contribution < -0.4 is 10.2 Å². The molecule has 0 atom stereocenters. The zero-order valence-corrected chi connectivity index (χ0v) is 15.4. The van der Waals surface area contributed by atoms with Crippen molar-refractivity contribution in [2.24, 2.45) is 0 Å². The van der Waals surface area contributed by atoms with Gasteiger partial charge in [-0.25, -0.2) is 0 Å². The molecule has 0 unspecified atom stereocenters. The Morgan fingerprint density at radius 3 is 2.74 bits per heavy atom. The fraction of sp³-hybridized carbons (Fsp3) is 0.350. The topological polar surface area (TPSA) is 68.8 Å². The fourth-order valence-corrected chi connectivity index (χ4v) is 3.63. The number of hydrogen-bond acceptors (Lipinski definition) is 5. The molecule has 1 aromatic carbocycles. The Morgan fingerprint density at radius 2 is 2.00 bits per heavy atom. The first-order valence-corrected chi connectivity index (χ1v) is 9.16. The summed E-state index contributed by atoms with van der Waals surface area (Å²) in [6, 6.07) is 9.55. The highest BCUT2D eigenvalue weighted by Crippen LogP contribution is 2.29. The smallest absolute Gasteiger partial charge is 0.254 e. The summed E-state index contributed by atoms with van der Waals surface area (Å²) >= 11 is 0. The number of piperazine rings is 1. The molecule has 0 radical (unpaired) electrons. The van der Waals surface area contributed by atoms with Gasteiger partial charge in [0.1, 0.15) is 0 Å². The van der Waals surface area contributed by atoms with E-state index in [0.29, 0.717) is 30.9 Å². The van der Waals surface area contributed by atoms with Gasteiger partial charge in [0.25, 0.3) is 5.91 Å². The van der Waals surface area contributed by atoms with E-state index >= 15 is 0 Å². The molecule has 2 amide bonds. The molecule has 140 valence electrons. The molecule has 27 heavy (non-hydrogen) atoms. The largest absolute Gasteiger partial charge is 0.364 e. The van der Waals surface area contributed by atoms with Crippen LogP contribution >= 0.6 is 0 Å².